The van der Waals surface area contributed by atoms with Gasteiger partial charge in [0.15, 0.2) is 0 Å². The summed E-state index contributed by atoms with van der Waals surface area (Å²) in [6, 6.07) is 4.75. The van der Waals surface area contributed by atoms with Crippen molar-refractivity contribution in [2.75, 3.05) is 11.4 Å². The molecule has 3 rings (SSSR count). The van der Waals surface area contributed by atoms with Crippen LogP contribution in [0.15, 0.2) is 23.2 Å². The first-order valence-corrected chi connectivity index (χ1v) is 10.2. The lowest BCUT2D eigenvalue weighted by Gasteiger charge is -2.26. The number of aliphatic imine (C=N–C) groups is 1. The second-order valence-corrected chi connectivity index (χ2v) is 8.10. The Morgan fingerprint density at radius 1 is 1.33 bits per heavy atom. The highest BCUT2D eigenvalue weighted by molar-refractivity contribution is 6.31. The Kier molecular flexibility index (Phi) is 6.20. The number of fused-ring (bicyclic) bond motifs is 1. The van der Waals surface area contributed by atoms with Gasteiger partial charge in [0, 0.05) is 22.2 Å². The summed E-state index contributed by atoms with van der Waals surface area (Å²) in [4.78, 5) is 31.1. The number of halogens is 1. The van der Waals surface area contributed by atoms with Crippen molar-refractivity contribution in [2.45, 2.75) is 58.4 Å². The van der Waals surface area contributed by atoms with E-state index in [9.17, 15) is 14.7 Å². The van der Waals surface area contributed by atoms with Gasteiger partial charge in [0.2, 0.25) is 0 Å². The molecule has 146 valence electrons. The maximum Gasteiger partial charge on any atom is 0.323 e. The number of benzodiazepines with no additional fused rings is 1. The third kappa shape index (κ3) is 4.18. The first kappa shape index (κ1) is 19.9. The maximum atomic E-state index is 13.3. The van der Waals surface area contributed by atoms with Gasteiger partial charge in [-0.25, -0.2) is 0 Å². The molecule has 0 unspecified atom stereocenters. The summed E-state index contributed by atoms with van der Waals surface area (Å²) in [5.41, 5.74) is 2.36. The summed E-state index contributed by atoms with van der Waals surface area (Å²) in [6.45, 7) is 3.67. The van der Waals surface area contributed by atoms with Crippen molar-refractivity contribution >= 4 is 34.9 Å². The topological polar surface area (TPSA) is 70.0 Å². The zero-order valence-electron chi connectivity index (χ0n) is 15.9. The normalized spacial score (nSPS) is 22.0. The van der Waals surface area contributed by atoms with Gasteiger partial charge >= 0.3 is 5.97 Å². The van der Waals surface area contributed by atoms with Crippen LogP contribution in [0.5, 0.6) is 0 Å². The van der Waals surface area contributed by atoms with Crippen LogP contribution in [0.1, 0.15) is 57.9 Å². The quantitative estimate of drug-likeness (QED) is 0.801. The minimum absolute atomic E-state index is 0.0390. The second kappa shape index (κ2) is 8.42. The third-order valence-electron chi connectivity index (χ3n) is 5.79. The number of anilines is 1. The second-order valence-electron chi connectivity index (χ2n) is 7.66. The predicted octanol–water partition coefficient (Wildman–Crippen LogP) is 4.56. The zero-order chi connectivity index (χ0) is 19.6. The highest BCUT2D eigenvalue weighted by Crippen LogP contribution is 2.36. The smallest absolute Gasteiger partial charge is 0.323 e. The van der Waals surface area contributed by atoms with Crippen molar-refractivity contribution in [3.05, 3.63) is 28.8 Å². The summed E-state index contributed by atoms with van der Waals surface area (Å²) in [5.74, 6) is -0.938. The number of rotatable bonds is 5. The highest BCUT2D eigenvalue weighted by atomic mass is 35.5. The van der Waals surface area contributed by atoms with E-state index < -0.39 is 12.0 Å². The van der Waals surface area contributed by atoms with Crippen molar-refractivity contribution in [3.63, 3.8) is 0 Å². The molecule has 5 nitrogen and oxygen atoms in total. The Bertz CT molecular complexity index is 756. The lowest BCUT2D eigenvalue weighted by atomic mass is 9.82. The molecule has 1 amide bonds. The molecular formula is C21H27ClN2O3. The van der Waals surface area contributed by atoms with E-state index in [0.29, 0.717) is 16.6 Å². The SMILES string of the molecule is CC[C@H](C)[C@@H]1N=C(C2CCCCC2)c2cc(Cl)ccc2N(CC(=O)O)C1=O. The van der Waals surface area contributed by atoms with E-state index in [1.165, 1.54) is 11.3 Å². The van der Waals surface area contributed by atoms with Gasteiger partial charge < -0.3 is 5.11 Å². The Morgan fingerprint density at radius 3 is 2.67 bits per heavy atom. The molecule has 2 aliphatic rings. The van der Waals surface area contributed by atoms with Crippen LogP contribution in [0.3, 0.4) is 0 Å². The number of aliphatic carboxylic acids is 1. The van der Waals surface area contributed by atoms with E-state index in [1.807, 2.05) is 19.9 Å². The van der Waals surface area contributed by atoms with E-state index in [-0.39, 0.29) is 18.4 Å². The molecule has 0 bridgehead atoms. The lowest BCUT2D eigenvalue weighted by Crippen LogP contribution is -2.43. The first-order chi connectivity index (χ1) is 12.9. The Labute approximate surface area is 165 Å². The average molecular weight is 391 g/mol. The van der Waals surface area contributed by atoms with Gasteiger partial charge in [0.25, 0.3) is 5.91 Å². The highest BCUT2D eigenvalue weighted by Gasteiger charge is 2.37. The van der Waals surface area contributed by atoms with Gasteiger partial charge in [-0.05, 0) is 37.0 Å². The van der Waals surface area contributed by atoms with Crippen LogP contribution < -0.4 is 4.90 Å². The van der Waals surface area contributed by atoms with Crippen molar-refractivity contribution in [1.82, 2.24) is 0 Å². The Morgan fingerprint density at radius 2 is 2.04 bits per heavy atom. The number of carbonyl (C=O) groups is 2. The van der Waals surface area contributed by atoms with Crippen molar-refractivity contribution in [1.29, 1.82) is 0 Å². The number of benzene rings is 1. The van der Waals surface area contributed by atoms with Gasteiger partial charge in [0.05, 0.1) is 5.69 Å². The first-order valence-electron chi connectivity index (χ1n) is 9.83. The van der Waals surface area contributed by atoms with E-state index in [4.69, 9.17) is 16.6 Å². The standard InChI is InChI=1S/C21H27ClN2O3/c1-3-13(2)19-21(27)24(12-18(25)26)17-10-9-15(22)11-16(17)20(23-19)14-7-5-4-6-8-14/h9-11,13-14,19H,3-8,12H2,1-2H3,(H,25,26)/t13-,19-/m0/s1. The molecule has 1 aliphatic carbocycles. The molecule has 0 aromatic heterocycles. The number of amides is 1. The Hall–Kier alpha value is -1.88. The molecule has 27 heavy (non-hydrogen) atoms. The molecule has 1 aliphatic heterocycles. The van der Waals surface area contributed by atoms with E-state index in [2.05, 4.69) is 0 Å². The van der Waals surface area contributed by atoms with Crippen LogP contribution in [-0.2, 0) is 9.59 Å². The Balaban J connectivity index is 2.17. The molecule has 1 fully saturated rings. The third-order valence-corrected chi connectivity index (χ3v) is 6.03. The van der Waals surface area contributed by atoms with Gasteiger partial charge in [-0.2, -0.15) is 0 Å². The summed E-state index contributed by atoms with van der Waals surface area (Å²) < 4.78 is 0. The number of hydrogen-bond acceptors (Lipinski definition) is 3. The summed E-state index contributed by atoms with van der Waals surface area (Å²) in [7, 11) is 0. The number of carboxylic acid groups (broad SMARTS) is 1. The van der Waals surface area contributed by atoms with Crippen LogP contribution in [0.4, 0.5) is 5.69 Å². The fourth-order valence-corrected chi connectivity index (χ4v) is 4.27. The van der Waals surface area contributed by atoms with E-state index in [1.54, 1.807) is 12.1 Å². The molecule has 1 aromatic rings. The molecule has 1 saturated carbocycles. The molecule has 0 saturated heterocycles. The predicted molar refractivity (Wildman–Crippen MR) is 108 cm³/mol. The van der Waals surface area contributed by atoms with Crippen LogP contribution in [0.2, 0.25) is 5.02 Å². The van der Waals surface area contributed by atoms with E-state index in [0.717, 1.165) is 43.4 Å². The van der Waals surface area contributed by atoms with Gasteiger partial charge in [0.1, 0.15) is 12.6 Å². The zero-order valence-corrected chi connectivity index (χ0v) is 16.7. The van der Waals surface area contributed by atoms with Crippen LogP contribution in [-0.4, -0.2) is 35.3 Å². The van der Waals surface area contributed by atoms with Crippen molar-refractivity contribution < 1.29 is 14.7 Å². The minimum Gasteiger partial charge on any atom is -0.480 e. The molecule has 0 radical (unpaired) electrons. The molecule has 0 spiro atoms. The number of hydrogen-bond donors (Lipinski definition) is 1. The van der Waals surface area contributed by atoms with Crippen molar-refractivity contribution in [3.8, 4) is 0 Å². The number of carbonyl (C=O) groups excluding carboxylic acids is 1. The number of carboxylic acids is 1. The van der Waals surface area contributed by atoms with E-state index >= 15 is 0 Å². The van der Waals surface area contributed by atoms with Crippen LogP contribution in [0, 0.1) is 11.8 Å². The molecule has 1 heterocycles. The average Bonchev–Trinajstić information content (AvgIpc) is 2.77. The monoisotopic (exact) mass is 390 g/mol. The van der Waals surface area contributed by atoms with Crippen molar-refractivity contribution in [2.24, 2.45) is 16.8 Å². The fourth-order valence-electron chi connectivity index (χ4n) is 4.10. The number of nitrogens with zero attached hydrogens (tertiary/aromatic N) is 2. The largest absolute Gasteiger partial charge is 0.480 e. The fraction of sp³-hybridized carbons (Fsp3) is 0.571. The lowest BCUT2D eigenvalue weighted by molar-refractivity contribution is -0.136. The maximum absolute atomic E-state index is 13.3. The molecule has 2 atom stereocenters. The van der Waals surface area contributed by atoms with Gasteiger partial charge in [-0.3, -0.25) is 19.5 Å². The molecular weight excluding hydrogens is 364 g/mol. The van der Waals surface area contributed by atoms with Gasteiger partial charge in [-0.15, -0.1) is 0 Å². The molecule has 1 aromatic carbocycles. The molecule has 6 heteroatoms. The van der Waals surface area contributed by atoms with Gasteiger partial charge in [-0.1, -0.05) is 51.1 Å². The minimum atomic E-state index is -1.03. The van der Waals surface area contributed by atoms with Crippen LogP contribution >= 0.6 is 11.6 Å². The van der Waals surface area contributed by atoms with Crippen LogP contribution in [0.25, 0.3) is 0 Å². The molecule has 1 N–H and O–H groups in total. The summed E-state index contributed by atoms with van der Waals surface area (Å²) >= 11 is 6.28. The summed E-state index contributed by atoms with van der Waals surface area (Å²) in [6.07, 6.45) is 6.43. The summed E-state index contributed by atoms with van der Waals surface area (Å²) in [5, 5.41) is 9.97.